The number of hydrogen-bond donors (Lipinski definition) is 2. The van der Waals surface area contributed by atoms with Crippen molar-refractivity contribution >= 4 is 28.8 Å². The first-order valence-electron chi connectivity index (χ1n) is 7.06. The maximum Gasteiger partial charge on any atom is 0.323 e. The fourth-order valence-corrected chi connectivity index (χ4v) is 3.17. The quantitative estimate of drug-likeness (QED) is 0.766. The van der Waals surface area contributed by atoms with Gasteiger partial charge in [-0.3, -0.25) is 10.1 Å². The molecule has 1 fully saturated rings. The second-order valence-corrected chi connectivity index (χ2v) is 6.65. The first-order valence-corrected chi connectivity index (χ1v) is 8.05. The Hall–Kier alpha value is -1.53. The fraction of sp³-hybridized carbons (Fsp3) is 0.467. The minimum atomic E-state index is -0.875. The second kappa shape index (κ2) is 5.69. The topological polar surface area (TPSA) is 75.4 Å². The van der Waals surface area contributed by atoms with E-state index in [1.54, 1.807) is 6.92 Å². The number of oxazole rings is 1. The number of aromatic nitrogens is 1. The molecule has 1 aromatic carbocycles. The van der Waals surface area contributed by atoms with Gasteiger partial charge < -0.3 is 9.52 Å². The van der Waals surface area contributed by atoms with Crippen LogP contribution in [0.25, 0.3) is 11.1 Å². The predicted molar refractivity (Wildman–Crippen MR) is 81.5 cm³/mol. The van der Waals surface area contributed by atoms with E-state index in [2.05, 4.69) is 10.3 Å². The number of para-hydroxylation sites is 2. The third-order valence-electron chi connectivity index (χ3n) is 3.67. The second-order valence-electron chi connectivity index (χ2n) is 5.60. The smallest absolute Gasteiger partial charge is 0.323 e. The first-order chi connectivity index (χ1) is 10.1. The van der Waals surface area contributed by atoms with Gasteiger partial charge in [0.25, 0.3) is 5.22 Å². The van der Waals surface area contributed by atoms with Gasteiger partial charge in [-0.25, -0.2) is 4.98 Å². The van der Waals surface area contributed by atoms with E-state index in [0.717, 1.165) is 23.9 Å². The molecule has 1 unspecified atom stereocenters. The number of hydrogen-bond acceptors (Lipinski definition) is 5. The number of carboxylic acid groups (broad SMARTS) is 1. The van der Waals surface area contributed by atoms with E-state index in [9.17, 15) is 9.90 Å². The molecule has 1 atom stereocenters. The molecule has 3 rings (SSSR count). The van der Waals surface area contributed by atoms with Crippen molar-refractivity contribution in [3.05, 3.63) is 24.3 Å². The Balaban J connectivity index is 1.59. The van der Waals surface area contributed by atoms with E-state index in [0.29, 0.717) is 23.4 Å². The number of nitrogens with zero attached hydrogens (tertiary/aromatic N) is 1. The summed E-state index contributed by atoms with van der Waals surface area (Å²) in [6.07, 6.45) is 2.67. The average molecular weight is 306 g/mol. The molecule has 0 bridgehead atoms. The van der Waals surface area contributed by atoms with E-state index in [4.69, 9.17) is 4.42 Å². The minimum absolute atomic E-state index is 0.362. The number of nitrogens with one attached hydrogen (secondary N) is 1. The summed E-state index contributed by atoms with van der Waals surface area (Å²) in [5.74, 6) is -0.150. The first kappa shape index (κ1) is 14.4. The number of thioether (sulfide) groups is 1. The average Bonchev–Trinajstić information content (AvgIpc) is 3.15. The molecule has 0 aliphatic heterocycles. The third-order valence-corrected chi connectivity index (χ3v) is 4.50. The van der Waals surface area contributed by atoms with Crippen molar-refractivity contribution in [3.63, 3.8) is 0 Å². The van der Waals surface area contributed by atoms with Crippen molar-refractivity contribution in [2.75, 3.05) is 5.75 Å². The zero-order valence-electron chi connectivity index (χ0n) is 11.8. The van der Waals surface area contributed by atoms with Gasteiger partial charge in [-0.1, -0.05) is 23.9 Å². The maximum absolute atomic E-state index is 11.5. The van der Waals surface area contributed by atoms with Crippen molar-refractivity contribution in [2.24, 2.45) is 0 Å². The van der Waals surface area contributed by atoms with Crippen LogP contribution in [-0.2, 0) is 4.79 Å². The summed E-state index contributed by atoms with van der Waals surface area (Å²) in [7, 11) is 0. The molecule has 5 nitrogen and oxygen atoms in total. The zero-order chi connectivity index (χ0) is 14.9. The van der Waals surface area contributed by atoms with Gasteiger partial charge in [0.05, 0.1) is 0 Å². The lowest BCUT2D eigenvalue weighted by molar-refractivity contribution is -0.144. The van der Waals surface area contributed by atoms with E-state index < -0.39 is 11.5 Å². The molecule has 2 N–H and O–H groups in total. The van der Waals surface area contributed by atoms with Gasteiger partial charge in [0, 0.05) is 11.8 Å². The molecular weight excluding hydrogens is 288 g/mol. The summed E-state index contributed by atoms with van der Waals surface area (Å²) < 4.78 is 5.62. The van der Waals surface area contributed by atoms with Crippen LogP contribution in [-0.4, -0.2) is 33.4 Å². The molecule has 1 aromatic heterocycles. The number of rotatable bonds is 7. The molecule has 112 valence electrons. The van der Waals surface area contributed by atoms with Crippen LogP contribution >= 0.6 is 11.8 Å². The van der Waals surface area contributed by atoms with Crippen LogP contribution in [0, 0.1) is 0 Å². The monoisotopic (exact) mass is 306 g/mol. The van der Waals surface area contributed by atoms with Crippen molar-refractivity contribution in [3.8, 4) is 0 Å². The summed E-state index contributed by atoms with van der Waals surface area (Å²) in [4.78, 5) is 15.8. The molecule has 0 radical (unpaired) electrons. The van der Waals surface area contributed by atoms with Crippen LogP contribution in [0.2, 0.25) is 0 Å². The molecule has 0 spiro atoms. The molecule has 0 saturated heterocycles. The van der Waals surface area contributed by atoms with Crippen LogP contribution in [0.5, 0.6) is 0 Å². The lowest BCUT2D eigenvalue weighted by Gasteiger charge is -2.25. The number of benzene rings is 1. The lowest BCUT2D eigenvalue weighted by atomic mass is 9.99. The Kier molecular flexibility index (Phi) is 3.91. The highest BCUT2D eigenvalue weighted by atomic mass is 32.2. The summed E-state index contributed by atoms with van der Waals surface area (Å²) in [5, 5.41) is 13.2. The van der Waals surface area contributed by atoms with Gasteiger partial charge in [0.1, 0.15) is 11.1 Å². The number of fused-ring (bicyclic) bond motifs is 1. The number of aliphatic carboxylic acids is 1. The largest absolute Gasteiger partial charge is 0.480 e. The van der Waals surface area contributed by atoms with E-state index in [-0.39, 0.29) is 0 Å². The van der Waals surface area contributed by atoms with Gasteiger partial charge >= 0.3 is 5.97 Å². The molecule has 2 aromatic rings. The Bertz CT molecular complexity index is 620. The summed E-state index contributed by atoms with van der Waals surface area (Å²) >= 11 is 1.46. The Morgan fingerprint density at radius 2 is 2.29 bits per heavy atom. The Morgan fingerprint density at radius 3 is 2.95 bits per heavy atom. The van der Waals surface area contributed by atoms with Crippen LogP contribution in [0.3, 0.4) is 0 Å². The van der Waals surface area contributed by atoms with E-state index in [1.807, 2.05) is 24.3 Å². The standard InChI is InChI=1S/C15H18N2O3S/c1-15(13(18)19,17-10-6-7-10)8-9-21-14-16-11-4-2-3-5-12(11)20-14/h2-5,10,17H,6-9H2,1H3,(H,18,19). The molecule has 6 heteroatoms. The molecule has 1 heterocycles. The molecule has 1 saturated carbocycles. The Labute approximate surface area is 127 Å². The number of carboxylic acids is 1. The van der Waals surface area contributed by atoms with Crippen LogP contribution in [0.4, 0.5) is 0 Å². The third kappa shape index (κ3) is 3.39. The molecule has 1 aliphatic rings. The fourth-order valence-electron chi connectivity index (χ4n) is 2.17. The normalized spacial score (nSPS) is 17.8. The highest BCUT2D eigenvalue weighted by molar-refractivity contribution is 7.99. The van der Waals surface area contributed by atoms with Gasteiger partial charge in [-0.2, -0.15) is 0 Å². The van der Waals surface area contributed by atoms with Gasteiger partial charge in [-0.05, 0) is 38.3 Å². The lowest BCUT2D eigenvalue weighted by Crippen LogP contribution is -2.50. The summed E-state index contributed by atoms with van der Waals surface area (Å²) in [5.41, 5.74) is 0.717. The summed E-state index contributed by atoms with van der Waals surface area (Å²) in [6.45, 7) is 1.75. The number of carbonyl (C=O) groups is 1. The summed E-state index contributed by atoms with van der Waals surface area (Å²) in [6, 6.07) is 7.96. The van der Waals surface area contributed by atoms with Crippen LogP contribution < -0.4 is 5.32 Å². The molecule has 1 aliphatic carbocycles. The predicted octanol–water partition coefficient (Wildman–Crippen LogP) is 2.91. The van der Waals surface area contributed by atoms with Crippen molar-refractivity contribution in [1.82, 2.24) is 10.3 Å². The van der Waals surface area contributed by atoms with Gasteiger partial charge in [0.2, 0.25) is 0 Å². The minimum Gasteiger partial charge on any atom is -0.480 e. The molecule has 0 amide bonds. The van der Waals surface area contributed by atoms with Crippen LogP contribution in [0.15, 0.2) is 33.9 Å². The SMILES string of the molecule is CC(CCSc1nc2ccccc2o1)(NC1CC1)C(=O)O. The highest BCUT2D eigenvalue weighted by Crippen LogP contribution is 2.28. The van der Waals surface area contributed by atoms with E-state index >= 15 is 0 Å². The van der Waals surface area contributed by atoms with Crippen LogP contribution in [0.1, 0.15) is 26.2 Å². The zero-order valence-corrected chi connectivity index (χ0v) is 12.7. The molecule has 21 heavy (non-hydrogen) atoms. The highest BCUT2D eigenvalue weighted by Gasteiger charge is 2.38. The van der Waals surface area contributed by atoms with Crippen molar-refractivity contribution in [1.29, 1.82) is 0 Å². The molecular formula is C15H18N2O3S. The van der Waals surface area contributed by atoms with Gasteiger partial charge in [-0.15, -0.1) is 0 Å². The van der Waals surface area contributed by atoms with Gasteiger partial charge in [0.15, 0.2) is 5.58 Å². The van der Waals surface area contributed by atoms with Crippen molar-refractivity contribution in [2.45, 2.75) is 43.0 Å². The Morgan fingerprint density at radius 1 is 1.52 bits per heavy atom. The van der Waals surface area contributed by atoms with Crippen molar-refractivity contribution < 1.29 is 14.3 Å². The maximum atomic E-state index is 11.5. The van der Waals surface area contributed by atoms with E-state index in [1.165, 1.54) is 11.8 Å².